The minimum Gasteiger partial charge on any atom is -0.477 e. The Morgan fingerprint density at radius 1 is 1.44 bits per heavy atom. The van der Waals surface area contributed by atoms with Crippen molar-refractivity contribution >= 4 is 33.9 Å². The second kappa shape index (κ2) is 4.77. The summed E-state index contributed by atoms with van der Waals surface area (Å²) in [4.78, 5) is 13.5. The first kappa shape index (κ1) is 12.6. The third kappa shape index (κ3) is 2.50. The largest absolute Gasteiger partial charge is 0.477 e. The summed E-state index contributed by atoms with van der Waals surface area (Å²) in [6, 6.07) is 6.46. The number of hydroxylamine groups is 1. The molecule has 1 atom stereocenters. The van der Waals surface area contributed by atoms with Gasteiger partial charge in [0.2, 0.25) is 0 Å². The number of rotatable bonds is 4. The highest BCUT2D eigenvalue weighted by Crippen LogP contribution is 2.22. The molecule has 0 saturated carbocycles. The first-order valence-electron chi connectivity index (χ1n) is 4.86. The molecule has 0 amide bonds. The number of aromatic amines is 1. The minimum atomic E-state index is -2.41. The van der Waals surface area contributed by atoms with Gasteiger partial charge < -0.3 is 10.1 Å². The molecule has 1 aromatic heterocycles. The molecule has 0 aliphatic heterocycles. The number of hydrogen-bond donors (Lipinski definition) is 3. The summed E-state index contributed by atoms with van der Waals surface area (Å²) in [5.41, 5.74) is 1.20. The van der Waals surface area contributed by atoms with Crippen LogP contribution in [0.1, 0.15) is 10.5 Å². The average molecular weight is 270 g/mol. The van der Waals surface area contributed by atoms with Crippen molar-refractivity contribution in [2.75, 3.05) is 12.1 Å². The van der Waals surface area contributed by atoms with Crippen LogP contribution in [0.4, 0.5) is 5.69 Å². The van der Waals surface area contributed by atoms with E-state index in [1.54, 1.807) is 18.2 Å². The van der Waals surface area contributed by atoms with Gasteiger partial charge in [-0.25, -0.2) is 9.86 Å². The van der Waals surface area contributed by atoms with Gasteiger partial charge >= 0.3 is 17.3 Å². The first-order valence-corrected chi connectivity index (χ1v) is 5.89. The lowest BCUT2D eigenvalue weighted by Crippen LogP contribution is -2.18. The van der Waals surface area contributed by atoms with Crippen LogP contribution < -0.4 is 5.06 Å². The van der Waals surface area contributed by atoms with Crippen LogP contribution in [0, 0.1) is 0 Å². The Labute approximate surface area is 104 Å². The molecule has 0 aliphatic carbocycles. The van der Waals surface area contributed by atoms with Crippen LogP contribution in [0.2, 0.25) is 0 Å². The van der Waals surface area contributed by atoms with Crippen LogP contribution in [0.15, 0.2) is 24.3 Å². The Bertz CT molecular complexity index is 624. The molecule has 18 heavy (non-hydrogen) atoms. The fourth-order valence-electron chi connectivity index (χ4n) is 1.56. The van der Waals surface area contributed by atoms with E-state index in [1.807, 2.05) is 0 Å². The fourth-order valence-corrected chi connectivity index (χ4v) is 1.84. The highest BCUT2D eigenvalue weighted by Gasteiger charge is 2.10. The standard InChI is InChI=1S/C10H10N2O5S/c1-12(17-18(15)16)7-3-2-6-4-9(10(13)14)11-8(6)5-7/h2-5,11H,1H3,(H,13,14)(H,15,16). The van der Waals surface area contributed by atoms with E-state index in [2.05, 4.69) is 9.27 Å². The quantitative estimate of drug-likeness (QED) is 0.572. The molecule has 1 unspecified atom stereocenters. The van der Waals surface area contributed by atoms with Gasteiger partial charge in [-0.05, 0) is 18.2 Å². The predicted octanol–water partition coefficient (Wildman–Crippen LogP) is 1.37. The zero-order valence-electron chi connectivity index (χ0n) is 9.28. The average Bonchev–Trinajstić information content (AvgIpc) is 2.70. The van der Waals surface area contributed by atoms with Gasteiger partial charge in [0, 0.05) is 18.0 Å². The number of carbonyl (C=O) groups is 1. The molecule has 0 radical (unpaired) electrons. The van der Waals surface area contributed by atoms with Gasteiger partial charge in [0.1, 0.15) is 5.69 Å². The molecule has 0 bridgehead atoms. The van der Waals surface area contributed by atoms with E-state index >= 15 is 0 Å². The lowest BCUT2D eigenvalue weighted by molar-refractivity contribution is 0.0691. The summed E-state index contributed by atoms with van der Waals surface area (Å²) >= 11 is -2.41. The highest BCUT2D eigenvalue weighted by atomic mass is 32.2. The summed E-state index contributed by atoms with van der Waals surface area (Å²) in [5.74, 6) is -1.05. The fraction of sp³-hybridized carbons (Fsp3) is 0.100. The van der Waals surface area contributed by atoms with Crippen molar-refractivity contribution in [1.82, 2.24) is 4.98 Å². The second-order valence-corrected chi connectivity index (χ2v) is 4.13. The van der Waals surface area contributed by atoms with Crippen LogP contribution in [0.3, 0.4) is 0 Å². The summed E-state index contributed by atoms with van der Waals surface area (Å²) in [6.45, 7) is 0. The van der Waals surface area contributed by atoms with Gasteiger partial charge in [-0.3, -0.25) is 4.55 Å². The van der Waals surface area contributed by atoms with E-state index in [-0.39, 0.29) is 5.69 Å². The van der Waals surface area contributed by atoms with Crippen molar-refractivity contribution in [2.24, 2.45) is 0 Å². The number of benzene rings is 1. The minimum absolute atomic E-state index is 0.0801. The molecule has 1 aromatic carbocycles. The Morgan fingerprint density at radius 2 is 2.17 bits per heavy atom. The van der Waals surface area contributed by atoms with Gasteiger partial charge in [-0.1, -0.05) is 6.07 Å². The summed E-state index contributed by atoms with van der Waals surface area (Å²) in [6.07, 6.45) is 0. The Hall–Kier alpha value is -1.90. The van der Waals surface area contributed by atoms with Crippen molar-refractivity contribution in [3.63, 3.8) is 0 Å². The number of carboxylic acids is 1. The topological polar surface area (TPSA) is 103 Å². The molecule has 0 fully saturated rings. The van der Waals surface area contributed by atoms with Gasteiger partial charge in [-0.2, -0.15) is 4.21 Å². The molecular weight excluding hydrogens is 260 g/mol. The molecule has 1 heterocycles. The number of H-pyrrole nitrogens is 1. The van der Waals surface area contributed by atoms with Crippen molar-refractivity contribution in [3.05, 3.63) is 30.0 Å². The Balaban J connectivity index is 2.37. The molecule has 0 saturated heterocycles. The van der Waals surface area contributed by atoms with Crippen molar-refractivity contribution < 1.29 is 22.9 Å². The van der Waals surface area contributed by atoms with Gasteiger partial charge in [0.05, 0.1) is 5.69 Å². The number of fused-ring (bicyclic) bond motifs is 1. The number of nitrogens with one attached hydrogen (secondary N) is 1. The van der Waals surface area contributed by atoms with Crippen LogP contribution in [0.25, 0.3) is 10.9 Å². The molecule has 0 spiro atoms. The third-order valence-electron chi connectivity index (χ3n) is 2.38. The van der Waals surface area contributed by atoms with Crippen LogP contribution in [-0.4, -0.2) is 31.9 Å². The van der Waals surface area contributed by atoms with Crippen LogP contribution in [0.5, 0.6) is 0 Å². The van der Waals surface area contributed by atoms with E-state index in [0.717, 1.165) is 10.4 Å². The monoisotopic (exact) mass is 270 g/mol. The Kier molecular flexibility index (Phi) is 3.32. The van der Waals surface area contributed by atoms with E-state index in [1.165, 1.54) is 13.1 Å². The normalized spacial score (nSPS) is 12.6. The maximum absolute atomic E-state index is 10.8. The third-order valence-corrected chi connectivity index (χ3v) is 2.73. The maximum atomic E-state index is 10.8. The second-order valence-electron chi connectivity index (χ2n) is 3.55. The van der Waals surface area contributed by atoms with Crippen molar-refractivity contribution in [2.45, 2.75) is 0 Å². The number of anilines is 1. The molecule has 2 rings (SSSR count). The predicted molar refractivity (Wildman–Crippen MR) is 65.5 cm³/mol. The number of nitrogens with zero attached hydrogens (tertiary/aromatic N) is 1. The van der Waals surface area contributed by atoms with E-state index in [0.29, 0.717) is 11.2 Å². The van der Waals surface area contributed by atoms with Gasteiger partial charge in [0.15, 0.2) is 0 Å². The van der Waals surface area contributed by atoms with E-state index < -0.39 is 17.3 Å². The first-order chi connectivity index (χ1) is 8.47. The van der Waals surface area contributed by atoms with Gasteiger partial charge in [0.25, 0.3) is 0 Å². The zero-order chi connectivity index (χ0) is 13.3. The molecule has 96 valence electrons. The summed E-state index contributed by atoms with van der Waals surface area (Å²) < 4.78 is 23.7. The SMILES string of the molecule is CN(OS(=O)O)c1ccc2cc(C(=O)O)[nH]c2c1. The van der Waals surface area contributed by atoms with Crippen LogP contribution in [-0.2, 0) is 15.6 Å². The van der Waals surface area contributed by atoms with Gasteiger partial charge in [-0.15, -0.1) is 4.28 Å². The van der Waals surface area contributed by atoms with Crippen LogP contribution >= 0.6 is 0 Å². The number of aromatic carboxylic acids is 1. The highest BCUT2D eigenvalue weighted by molar-refractivity contribution is 7.74. The number of carboxylic acid groups (broad SMARTS) is 1. The molecule has 2 aromatic rings. The maximum Gasteiger partial charge on any atom is 0.352 e. The lowest BCUT2D eigenvalue weighted by Gasteiger charge is -2.14. The molecule has 8 heteroatoms. The van der Waals surface area contributed by atoms with E-state index in [9.17, 15) is 9.00 Å². The smallest absolute Gasteiger partial charge is 0.352 e. The molecule has 7 nitrogen and oxygen atoms in total. The lowest BCUT2D eigenvalue weighted by atomic mass is 10.2. The molecule has 0 aliphatic rings. The summed E-state index contributed by atoms with van der Waals surface area (Å²) in [7, 11) is 1.47. The van der Waals surface area contributed by atoms with E-state index in [4.69, 9.17) is 9.66 Å². The Morgan fingerprint density at radius 3 is 2.78 bits per heavy atom. The molecular formula is C10H10N2O5S. The molecule has 3 N–H and O–H groups in total. The van der Waals surface area contributed by atoms with Crippen molar-refractivity contribution in [3.8, 4) is 0 Å². The number of aromatic nitrogens is 1. The van der Waals surface area contributed by atoms with Crippen molar-refractivity contribution in [1.29, 1.82) is 0 Å². The summed E-state index contributed by atoms with van der Waals surface area (Å²) in [5, 5.41) is 10.7. The number of hydrogen-bond acceptors (Lipinski definition) is 4. The zero-order valence-corrected chi connectivity index (χ0v) is 10.1.